The van der Waals surface area contributed by atoms with Crippen LogP contribution in [0.25, 0.3) is 0 Å². The highest BCUT2D eigenvalue weighted by Crippen LogP contribution is 2.25. The van der Waals surface area contributed by atoms with E-state index in [0.29, 0.717) is 6.42 Å². The van der Waals surface area contributed by atoms with E-state index in [2.05, 4.69) is 23.5 Å². The molecular formula is C14H18N2O. The van der Waals surface area contributed by atoms with E-state index in [4.69, 9.17) is 0 Å². The molecule has 17 heavy (non-hydrogen) atoms. The van der Waals surface area contributed by atoms with Crippen molar-refractivity contribution in [2.24, 2.45) is 0 Å². The second-order valence-electron chi connectivity index (χ2n) is 4.88. The summed E-state index contributed by atoms with van der Waals surface area (Å²) in [7, 11) is 0. The van der Waals surface area contributed by atoms with Gasteiger partial charge in [-0.15, -0.1) is 0 Å². The first-order valence-corrected chi connectivity index (χ1v) is 6.47. The molecule has 0 unspecified atom stereocenters. The highest BCUT2D eigenvalue weighted by molar-refractivity contribution is 5.95. The minimum atomic E-state index is 0.270. The van der Waals surface area contributed by atoms with E-state index in [0.717, 1.165) is 38.2 Å². The Morgan fingerprint density at radius 2 is 2.06 bits per heavy atom. The zero-order chi connectivity index (χ0) is 11.7. The van der Waals surface area contributed by atoms with Crippen LogP contribution in [-0.4, -0.2) is 19.0 Å². The van der Waals surface area contributed by atoms with Gasteiger partial charge in [-0.3, -0.25) is 4.79 Å². The maximum Gasteiger partial charge on any atom is 0.227 e. The number of carbonyl (C=O) groups excluding carboxylic acids is 1. The van der Waals surface area contributed by atoms with Gasteiger partial charge in [0.2, 0.25) is 5.91 Å². The number of carbonyl (C=O) groups is 1. The molecule has 0 radical (unpaired) electrons. The van der Waals surface area contributed by atoms with E-state index in [9.17, 15) is 4.79 Å². The molecule has 3 nitrogen and oxygen atoms in total. The lowest BCUT2D eigenvalue weighted by Crippen LogP contribution is -2.24. The lowest BCUT2D eigenvalue weighted by molar-refractivity contribution is -0.117. The standard InChI is InChI=1S/C14H18N2O/c17-14-4-2-8-16(14)13-6-5-11-3-1-7-15-10-12(11)9-13/h5-6,9,15H,1-4,7-8,10H2. The van der Waals surface area contributed by atoms with Crippen molar-refractivity contribution in [2.75, 3.05) is 18.0 Å². The van der Waals surface area contributed by atoms with Gasteiger partial charge in [-0.05, 0) is 49.1 Å². The summed E-state index contributed by atoms with van der Waals surface area (Å²) in [6.07, 6.45) is 4.05. The van der Waals surface area contributed by atoms with Crippen molar-refractivity contribution in [3.8, 4) is 0 Å². The SMILES string of the molecule is O=C1CCCN1c1ccc2c(c1)CNCCC2. The normalized spacial score (nSPS) is 20.2. The topological polar surface area (TPSA) is 32.3 Å². The Hall–Kier alpha value is -1.35. The van der Waals surface area contributed by atoms with Crippen LogP contribution < -0.4 is 10.2 Å². The van der Waals surface area contributed by atoms with Gasteiger partial charge in [-0.2, -0.15) is 0 Å². The van der Waals surface area contributed by atoms with E-state index in [1.165, 1.54) is 17.5 Å². The number of benzene rings is 1. The molecule has 2 aliphatic heterocycles. The van der Waals surface area contributed by atoms with E-state index < -0.39 is 0 Å². The number of amides is 1. The summed E-state index contributed by atoms with van der Waals surface area (Å²) in [6.45, 7) is 2.91. The molecule has 2 aliphatic rings. The average Bonchev–Trinajstić information content (AvgIpc) is 2.64. The molecule has 0 saturated carbocycles. The number of hydrogen-bond donors (Lipinski definition) is 1. The summed E-state index contributed by atoms with van der Waals surface area (Å²) < 4.78 is 0. The molecule has 1 aromatic carbocycles. The first kappa shape index (κ1) is 10.8. The van der Waals surface area contributed by atoms with E-state index in [-0.39, 0.29) is 5.91 Å². The van der Waals surface area contributed by atoms with Gasteiger partial charge in [-0.1, -0.05) is 6.07 Å². The molecule has 90 valence electrons. The summed E-state index contributed by atoms with van der Waals surface area (Å²) in [6, 6.07) is 6.49. The minimum Gasteiger partial charge on any atom is -0.313 e. The molecule has 0 atom stereocenters. The largest absolute Gasteiger partial charge is 0.313 e. The lowest BCUT2D eigenvalue weighted by Gasteiger charge is -2.18. The Morgan fingerprint density at radius 1 is 1.12 bits per heavy atom. The number of nitrogens with one attached hydrogen (secondary N) is 1. The third kappa shape index (κ3) is 2.07. The van der Waals surface area contributed by atoms with Crippen LogP contribution >= 0.6 is 0 Å². The number of hydrogen-bond acceptors (Lipinski definition) is 2. The predicted octanol–water partition coefficient (Wildman–Crippen LogP) is 1.85. The second kappa shape index (κ2) is 4.49. The van der Waals surface area contributed by atoms with Crippen molar-refractivity contribution in [3.63, 3.8) is 0 Å². The Morgan fingerprint density at radius 3 is 2.88 bits per heavy atom. The molecule has 1 amide bonds. The van der Waals surface area contributed by atoms with Gasteiger partial charge in [0.15, 0.2) is 0 Å². The Bertz CT molecular complexity index is 442. The zero-order valence-corrected chi connectivity index (χ0v) is 10.0. The van der Waals surface area contributed by atoms with Crippen molar-refractivity contribution in [1.29, 1.82) is 0 Å². The van der Waals surface area contributed by atoms with Crippen LogP contribution in [0.4, 0.5) is 5.69 Å². The molecule has 3 rings (SSSR count). The van der Waals surface area contributed by atoms with Gasteiger partial charge in [0, 0.05) is 25.2 Å². The zero-order valence-electron chi connectivity index (χ0n) is 10.0. The van der Waals surface area contributed by atoms with Crippen LogP contribution in [0.5, 0.6) is 0 Å². The Labute approximate surface area is 102 Å². The summed E-state index contributed by atoms with van der Waals surface area (Å²) in [5, 5.41) is 3.43. The highest BCUT2D eigenvalue weighted by atomic mass is 16.2. The van der Waals surface area contributed by atoms with Gasteiger partial charge < -0.3 is 10.2 Å². The summed E-state index contributed by atoms with van der Waals surface area (Å²) in [5.74, 6) is 0.270. The number of anilines is 1. The van der Waals surface area contributed by atoms with Gasteiger partial charge in [-0.25, -0.2) is 0 Å². The molecule has 0 aromatic heterocycles. The van der Waals surface area contributed by atoms with Gasteiger partial charge in [0.1, 0.15) is 0 Å². The van der Waals surface area contributed by atoms with Gasteiger partial charge in [0.25, 0.3) is 0 Å². The first-order valence-electron chi connectivity index (χ1n) is 6.47. The molecule has 1 aromatic rings. The number of rotatable bonds is 1. The summed E-state index contributed by atoms with van der Waals surface area (Å²) in [5.41, 5.74) is 3.88. The van der Waals surface area contributed by atoms with Crippen LogP contribution in [0, 0.1) is 0 Å². The number of nitrogens with zero attached hydrogens (tertiary/aromatic N) is 1. The first-order chi connectivity index (χ1) is 8.34. The molecule has 3 heteroatoms. The van der Waals surface area contributed by atoms with Crippen LogP contribution in [0.1, 0.15) is 30.4 Å². The minimum absolute atomic E-state index is 0.270. The Kier molecular flexibility index (Phi) is 2.85. The summed E-state index contributed by atoms with van der Waals surface area (Å²) in [4.78, 5) is 13.6. The molecule has 1 N–H and O–H groups in total. The molecule has 2 heterocycles. The Balaban J connectivity index is 1.91. The quantitative estimate of drug-likeness (QED) is 0.798. The molecule has 1 fully saturated rings. The third-order valence-electron chi connectivity index (χ3n) is 3.69. The van der Waals surface area contributed by atoms with Crippen LogP contribution in [0.15, 0.2) is 18.2 Å². The monoisotopic (exact) mass is 230 g/mol. The molecular weight excluding hydrogens is 212 g/mol. The predicted molar refractivity (Wildman–Crippen MR) is 68.1 cm³/mol. The van der Waals surface area contributed by atoms with Crippen molar-refractivity contribution in [3.05, 3.63) is 29.3 Å². The van der Waals surface area contributed by atoms with Crippen molar-refractivity contribution in [1.82, 2.24) is 5.32 Å². The van der Waals surface area contributed by atoms with Gasteiger partial charge >= 0.3 is 0 Å². The van der Waals surface area contributed by atoms with Crippen LogP contribution in [0.3, 0.4) is 0 Å². The molecule has 0 spiro atoms. The van der Waals surface area contributed by atoms with Crippen LogP contribution in [-0.2, 0) is 17.8 Å². The fraction of sp³-hybridized carbons (Fsp3) is 0.500. The van der Waals surface area contributed by atoms with E-state index in [1.54, 1.807) is 0 Å². The van der Waals surface area contributed by atoms with Crippen molar-refractivity contribution < 1.29 is 4.79 Å². The van der Waals surface area contributed by atoms with Crippen molar-refractivity contribution in [2.45, 2.75) is 32.2 Å². The molecule has 0 aliphatic carbocycles. The fourth-order valence-corrected chi connectivity index (χ4v) is 2.74. The molecule has 1 saturated heterocycles. The molecule has 0 bridgehead atoms. The highest BCUT2D eigenvalue weighted by Gasteiger charge is 2.22. The number of aryl methyl sites for hydroxylation is 1. The lowest BCUT2D eigenvalue weighted by atomic mass is 10.0. The van der Waals surface area contributed by atoms with E-state index >= 15 is 0 Å². The van der Waals surface area contributed by atoms with Crippen LogP contribution in [0.2, 0.25) is 0 Å². The number of fused-ring (bicyclic) bond motifs is 1. The van der Waals surface area contributed by atoms with E-state index in [1.807, 2.05) is 4.90 Å². The fourth-order valence-electron chi connectivity index (χ4n) is 2.74. The maximum atomic E-state index is 11.7. The summed E-state index contributed by atoms with van der Waals surface area (Å²) >= 11 is 0. The maximum absolute atomic E-state index is 11.7. The third-order valence-corrected chi connectivity index (χ3v) is 3.69. The van der Waals surface area contributed by atoms with Gasteiger partial charge in [0.05, 0.1) is 0 Å². The smallest absolute Gasteiger partial charge is 0.227 e. The van der Waals surface area contributed by atoms with Crippen molar-refractivity contribution >= 4 is 11.6 Å². The second-order valence-corrected chi connectivity index (χ2v) is 4.88. The average molecular weight is 230 g/mol.